The van der Waals surface area contributed by atoms with Gasteiger partial charge in [-0.05, 0) is 60.7 Å². The molecule has 0 radical (unpaired) electrons. The largest absolute Gasteiger partial charge is 0.361 e. The highest BCUT2D eigenvalue weighted by Crippen LogP contribution is 2.12. The molecular formula is C13H13IN2O2. The predicted molar refractivity (Wildman–Crippen MR) is 76.3 cm³/mol. The lowest BCUT2D eigenvalue weighted by molar-refractivity contribution is 0.0951. The van der Waals surface area contributed by atoms with Crippen molar-refractivity contribution in [1.29, 1.82) is 0 Å². The second-order valence-corrected chi connectivity index (χ2v) is 5.24. The van der Waals surface area contributed by atoms with E-state index in [1.807, 2.05) is 38.1 Å². The van der Waals surface area contributed by atoms with Gasteiger partial charge in [0.2, 0.25) is 0 Å². The van der Waals surface area contributed by atoms with E-state index < -0.39 is 0 Å². The Morgan fingerprint density at radius 3 is 2.56 bits per heavy atom. The summed E-state index contributed by atoms with van der Waals surface area (Å²) >= 11 is 2.21. The van der Waals surface area contributed by atoms with Crippen molar-refractivity contribution in [3.8, 4) is 0 Å². The van der Waals surface area contributed by atoms with Crippen LogP contribution < -0.4 is 5.32 Å². The summed E-state index contributed by atoms with van der Waals surface area (Å²) in [6, 6.07) is 7.44. The number of nitrogens with one attached hydrogen (secondary N) is 1. The van der Waals surface area contributed by atoms with Gasteiger partial charge in [-0.2, -0.15) is 0 Å². The van der Waals surface area contributed by atoms with Gasteiger partial charge < -0.3 is 9.84 Å². The molecule has 1 N–H and O–H groups in total. The van der Waals surface area contributed by atoms with E-state index in [-0.39, 0.29) is 5.91 Å². The van der Waals surface area contributed by atoms with Gasteiger partial charge in [0.1, 0.15) is 5.76 Å². The Morgan fingerprint density at radius 2 is 2.00 bits per heavy atom. The number of hydrogen-bond donors (Lipinski definition) is 1. The van der Waals surface area contributed by atoms with Gasteiger partial charge in [0, 0.05) is 21.2 Å². The lowest BCUT2D eigenvalue weighted by Gasteiger charge is -2.04. The summed E-state index contributed by atoms with van der Waals surface area (Å²) in [4.78, 5) is 11.9. The second-order valence-electron chi connectivity index (χ2n) is 3.99. The first-order valence-corrected chi connectivity index (χ1v) is 6.61. The Kier molecular flexibility index (Phi) is 4.00. The van der Waals surface area contributed by atoms with Gasteiger partial charge in [0.05, 0.1) is 5.69 Å². The van der Waals surface area contributed by atoms with Gasteiger partial charge in [-0.25, -0.2) is 0 Å². The lowest BCUT2D eigenvalue weighted by Crippen LogP contribution is -2.23. The zero-order valence-corrected chi connectivity index (χ0v) is 12.3. The van der Waals surface area contributed by atoms with Gasteiger partial charge >= 0.3 is 0 Å². The van der Waals surface area contributed by atoms with Crippen molar-refractivity contribution in [2.75, 3.05) is 0 Å². The maximum absolute atomic E-state index is 11.9. The molecule has 0 spiro atoms. The summed E-state index contributed by atoms with van der Waals surface area (Å²) in [6.07, 6.45) is 0. The zero-order valence-electron chi connectivity index (χ0n) is 10.2. The molecule has 0 aliphatic heterocycles. The topological polar surface area (TPSA) is 55.1 Å². The van der Waals surface area contributed by atoms with Crippen molar-refractivity contribution in [3.63, 3.8) is 0 Å². The average Bonchev–Trinajstić information content (AvgIpc) is 2.67. The van der Waals surface area contributed by atoms with Crippen LogP contribution in [0.2, 0.25) is 0 Å². The molecule has 5 heteroatoms. The third-order valence-electron chi connectivity index (χ3n) is 2.71. The Labute approximate surface area is 119 Å². The van der Waals surface area contributed by atoms with Crippen LogP contribution in [0.3, 0.4) is 0 Å². The minimum Gasteiger partial charge on any atom is -0.361 e. The molecular weight excluding hydrogens is 343 g/mol. The van der Waals surface area contributed by atoms with Crippen molar-refractivity contribution in [2.45, 2.75) is 20.4 Å². The summed E-state index contributed by atoms with van der Waals surface area (Å²) < 4.78 is 6.15. The molecule has 0 aliphatic carbocycles. The van der Waals surface area contributed by atoms with E-state index in [1.54, 1.807) is 0 Å². The number of aromatic nitrogens is 1. The van der Waals surface area contributed by atoms with Crippen LogP contribution in [0.5, 0.6) is 0 Å². The first kappa shape index (κ1) is 13.1. The SMILES string of the molecule is Cc1noc(C)c1CNC(=O)c1ccc(I)cc1. The van der Waals surface area contributed by atoms with Gasteiger partial charge in [-0.15, -0.1) is 0 Å². The molecule has 1 amide bonds. The van der Waals surface area contributed by atoms with Gasteiger partial charge in [0.25, 0.3) is 5.91 Å². The van der Waals surface area contributed by atoms with Crippen LogP contribution in [-0.2, 0) is 6.54 Å². The highest BCUT2D eigenvalue weighted by Gasteiger charge is 2.11. The molecule has 0 fully saturated rings. The standard InChI is InChI=1S/C13H13IN2O2/c1-8-12(9(2)18-16-8)7-15-13(17)10-3-5-11(14)6-4-10/h3-6H,7H2,1-2H3,(H,15,17). The van der Waals surface area contributed by atoms with Crippen LogP contribution in [0.25, 0.3) is 0 Å². The van der Waals surface area contributed by atoms with Crippen LogP contribution in [0.4, 0.5) is 0 Å². The Bertz CT molecular complexity index is 541. The molecule has 2 rings (SSSR count). The molecule has 94 valence electrons. The highest BCUT2D eigenvalue weighted by atomic mass is 127. The van der Waals surface area contributed by atoms with Crippen LogP contribution in [0, 0.1) is 17.4 Å². The number of hydrogen-bond acceptors (Lipinski definition) is 3. The lowest BCUT2D eigenvalue weighted by atomic mass is 10.2. The van der Waals surface area contributed by atoms with E-state index in [0.29, 0.717) is 12.1 Å². The molecule has 0 saturated carbocycles. The fourth-order valence-corrected chi connectivity index (χ4v) is 1.99. The first-order chi connectivity index (χ1) is 8.58. The summed E-state index contributed by atoms with van der Waals surface area (Å²) in [6.45, 7) is 4.14. The predicted octanol–water partition coefficient (Wildman–Crippen LogP) is 2.83. The van der Waals surface area contributed by atoms with Gasteiger partial charge in [-0.3, -0.25) is 4.79 Å². The van der Waals surface area contributed by atoms with Crippen molar-refractivity contribution < 1.29 is 9.32 Å². The fourth-order valence-electron chi connectivity index (χ4n) is 1.63. The monoisotopic (exact) mass is 356 g/mol. The summed E-state index contributed by atoms with van der Waals surface area (Å²) in [5, 5.41) is 6.71. The van der Waals surface area contributed by atoms with Crippen molar-refractivity contribution >= 4 is 28.5 Å². The van der Waals surface area contributed by atoms with Gasteiger partial charge in [-0.1, -0.05) is 5.16 Å². The Balaban J connectivity index is 2.03. The van der Waals surface area contributed by atoms with E-state index in [0.717, 1.165) is 20.6 Å². The number of nitrogens with zero attached hydrogens (tertiary/aromatic N) is 1. The third-order valence-corrected chi connectivity index (χ3v) is 3.43. The molecule has 18 heavy (non-hydrogen) atoms. The van der Waals surface area contributed by atoms with Gasteiger partial charge in [0.15, 0.2) is 0 Å². The quantitative estimate of drug-likeness (QED) is 0.861. The molecule has 0 saturated heterocycles. The first-order valence-electron chi connectivity index (χ1n) is 5.53. The molecule has 1 heterocycles. The number of benzene rings is 1. The molecule has 1 aromatic carbocycles. The Morgan fingerprint density at radius 1 is 1.33 bits per heavy atom. The number of aryl methyl sites for hydroxylation is 2. The normalized spacial score (nSPS) is 10.4. The van der Waals surface area contributed by atoms with Crippen LogP contribution in [0.1, 0.15) is 27.4 Å². The highest BCUT2D eigenvalue weighted by molar-refractivity contribution is 14.1. The van der Waals surface area contributed by atoms with E-state index in [1.165, 1.54) is 0 Å². The second kappa shape index (κ2) is 5.51. The fraction of sp³-hybridized carbons (Fsp3) is 0.231. The number of carbonyl (C=O) groups excluding carboxylic acids is 1. The van der Waals surface area contributed by atoms with E-state index in [9.17, 15) is 4.79 Å². The van der Waals surface area contributed by atoms with E-state index >= 15 is 0 Å². The van der Waals surface area contributed by atoms with Crippen molar-refractivity contribution in [2.24, 2.45) is 0 Å². The molecule has 0 unspecified atom stereocenters. The maximum atomic E-state index is 11.9. The minimum atomic E-state index is -0.0913. The number of amides is 1. The number of halogens is 1. The number of rotatable bonds is 3. The molecule has 2 aromatic rings. The van der Waals surface area contributed by atoms with Crippen LogP contribution in [-0.4, -0.2) is 11.1 Å². The molecule has 1 aromatic heterocycles. The minimum absolute atomic E-state index is 0.0913. The summed E-state index contributed by atoms with van der Waals surface area (Å²) in [7, 11) is 0. The van der Waals surface area contributed by atoms with Crippen molar-refractivity contribution in [1.82, 2.24) is 10.5 Å². The molecule has 0 bridgehead atoms. The smallest absolute Gasteiger partial charge is 0.251 e. The van der Waals surface area contributed by atoms with Crippen LogP contribution in [0.15, 0.2) is 28.8 Å². The summed E-state index contributed by atoms with van der Waals surface area (Å²) in [5.41, 5.74) is 2.41. The van der Waals surface area contributed by atoms with Crippen LogP contribution >= 0.6 is 22.6 Å². The molecule has 0 atom stereocenters. The van der Waals surface area contributed by atoms with E-state index in [2.05, 4.69) is 33.1 Å². The van der Waals surface area contributed by atoms with Crippen molar-refractivity contribution in [3.05, 3.63) is 50.4 Å². The van der Waals surface area contributed by atoms with E-state index in [4.69, 9.17) is 4.52 Å². The summed E-state index contributed by atoms with van der Waals surface area (Å²) in [5.74, 6) is 0.654. The maximum Gasteiger partial charge on any atom is 0.251 e. The third kappa shape index (κ3) is 2.90. The molecule has 0 aliphatic rings. The number of carbonyl (C=O) groups is 1. The Hall–Kier alpha value is -1.37. The zero-order chi connectivity index (χ0) is 13.1. The molecule has 4 nitrogen and oxygen atoms in total. The average molecular weight is 356 g/mol.